The predicted octanol–water partition coefficient (Wildman–Crippen LogP) is 1.87. The minimum absolute atomic E-state index is 0.0191. The zero-order valence-corrected chi connectivity index (χ0v) is 14.2. The number of aromatic nitrogens is 4. The lowest BCUT2D eigenvalue weighted by molar-refractivity contribution is 0.0880. The second-order valence-electron chi connectivity index (χ2n) is 6.69. The predicted molar refractivity (Wildman–Crippen MR) is 92.2 cm³/mol. The van der Waals surface area contributed by atoms with Gasteiger partial charge in [-0.2, -0.15) is 5.10 Å². The van der Waals surface area contributed by atoms with Crippen LogP contribution in [-0.2, 0) is 6.54 Å². The first kappa shape index (κ1) is 15.1. The molecule has 1 saturated heterocycles. The van der Waals surface area contributed by atoms with E-state index in [2.05, 4.69) is 32.7 Å². The second-order valence-corrected chi connectivity index (χ2v) is 6.69. The molecule has 4 rings (SSSR count). The summed E-state index contributed by atoms with van der Waals surface area (Å²) in [5.74, 6) is 0. The van der Waals surface area contributed by atoms with Crippen molar-refractivity contribution in [3.63, 3.8) is 0 Å². The number of hydrogen-bond donors (Lipinski definition) is 0. The van der Waals surface area contributed by atoms with Crippen LogP contribution in [0.15, 0.2) is 35.3 Å². The van der Waals surface area contributed by atoms with E-state index in [0.29, 0.717) is 12.6 Å². The SMILES string of the molecule is Cc1cc(C)n(C2CN(Cc3cc(=O)n4cccc(C)c4n3)C2)n1. The summed E-state index contributed by atoms with van der Waals surface area (Å²) in [6.07, 6.45) is 1.77. The van der Waals surface area contributed by atoms with Gasteiger partial charge in [0.05, 0.1) is 17.4 Å². The molecule has 1 aliphatic heterocycles. The van der Waals surface area contributed by atoms with E-state index in [1.54, 1.807) is 16.7 Å². The van der Waals surface area contributed by atoms with Crippen LogP contribution in [0.4, 0.5) is 0 Å². The normalized spacial score (nSPS) is 15.8. The third-order valence-electron chi connectivity index (χ3n) is 4.65. The van der Waals surface area contributed by atoms with Gasteiger partial charge in [0, 0.05) is 37.6 Å². The number of likely N-dealkylation sites (tertiary alicyclic amines) is 1. The van der Waals surface area contributed by atoms with Gasteiger partial charge < -0.3 is 0 Å². The Kier molecular flexibility index (Phi) is 3.49. The second kappa shape index (κ2) is 5.56. The maximum absolute atomic E-state index is 12.3. The molecule has 1 fully saturated rings. The van der Waals surface area contributed by atoms with Crippen LogP contribution in [0.3, 0.4) is 0 Å². The molecule has 24 heavy (non-hydrogen) atoms. The maximum Gasteiger partial charge on any atom is 0.258 e. The van der Waals surface area contributed by atoms with Crippen molar-refractivity contribution in [2.75, 3.05) is 13.1 Å². The fourth-order valence-corrected chi connectivity index (χ4v) is 3.46. The van der Waals surface area contributed by atoms with Crippen LogP contribution in [0.1, 0.15) is 28.7 Å². The molecule has 0 saturated carbocycles. The highest BCUT2D eigenvalue weighted by Crippen LogP contribution is 2.24. The van der Waals surface area contributed by atoms with Crippen molar-refractivity contribution in [2.24, 2.45) is 0 Å². The third kappa shape index (κ3) is 2.53. The molecule has 0 radical (unpaired) electrons. The molecule has 124 valence electrons. The van der Waals surface area contributed by atoms with E-state index < -0.39 is 0 Å². The molecule has 0 amide bonds. The number of hydrogen-bond acceptors (Lipinski definition) is 4. The van der Waals surface area contributed by atoms with Gasteiger partial charge in [0.2, 0.25) is 0 Å². The Hall–Kier alpha value is -2.47. The highest BCUT2D eigenvalue weighted by Gasteiger charge is 2.30. The molecule has 4 heterocycles. The van der Waals surface area contributed by atoms with Gasteiger partial charge in [0.1, 0.15) is 5.65 Å². The standard InChI is InChI=1S/C18H21N5O/c1-12-5-4-6-22-17(24)8-15(19-18(12)22)9-21-10-16(11-21)23-14(3)7-13(2)20-23/h4-8,16H,9-11H2,1-3H3. The highest BCUT2D eigenvalue weighted by molar-refractivity contribution is 5.46. The van der Waals surface area contributed by atoms with E-state index in [1.807, 2.05) is 26.0 Å². The van der Waals surface area contributed by atoms with Crippen molar-refractivity contribution in [1.29, 1.82) is 0 Å². The van der Waals surface area contributed by atoms with Crippen LogP contribution in [0.2, 0.25) is 0 Å². The largest absolute Gasteiger partial charge is 0.293 e. The molecular formula is C18H21N5O. The molecule has 3 aromatic rings. The molecule has 0 spiro atoms. The fraction of sp³-hybridized carbons (Fsp3) is 0.389. The van der Waals surface area contributed by atoms with Crippen molar-refractivity contribution in [3.05, 3.63) is 63.5 Å². The molecular weight excluding hydrogens is 302 g/mol. The summed E-state index contributed by atoms with van der Waals surface area (Å²) in [6.45, 7) is 8.68. The smallest absolute Gasteiger partial charge is 0.258 e. The van der Waals surface area contributed by atoms with Crippen LogP contribution in [-0.4, -0.2) is 37.2 Å². The Morgan fingerprint density at radius 2 is 2.00 bits per heavy atom. The number of fused-ring (bicyclic) bond motifs is 1. The van der Waals surface area contributed by atoms with Gasteiger partial charge in [-0.15, -0.1) is 0 Å². The van der Waals surface area contributed by atoms with Gasteiger partial charge in [0.15, 0.2) is 0 Å². The van der Waals surface area contributed by atoms with Crippen LogP contribution >= 0.6 is 0 Å². The molecule has 6 nitrogen and oxygen atoms in total. The lowest BCUT2D eigenvalue weighted by atomic mass is 10.1. The van der Waals surface area contributed by atoms with Crippen molar-refractivity contribution < 1.29 is 0 Å². The molecule has 0 N–H and O–H groups in total. The number of aryl methyl sites for hydroxylation is 3. The van der Waals surface area contributed by atoms with Gasteiger partial charge in [0.25, 0.3) is 5.56 Å². The summed E-state index contributed by atoms with van der Waals surface area (Å²) in [4.78, 5) is 19.2. The Bertz CT molecular complexity index is 965. The van der Waals surface area contributed by atoms with E-state index >= 15 is 0 Å². The number of rotatable bonds is 3. The summed E-state index contributed by atoms with van der Waals surface area (Å²) >= 11 is 0. The summed E-state index contributed by atoms with van der Waals surface area (Å²) < 4.78 is 3.71. The lowest BCUT2D eigenvalue weighted by Gasteiger charge is -2.39. The fourth-order valence-electron chi connectivity index (χ4n) is 3.46. The van der Waals surface area contributed by atoms with Crippen LogP contribution in [0.25, 0.3) is 5.65 Å². The third-order valence-corrected chi connectivity index (χ3v) is 4.65. The van der Waals surface area contributed by atoms with Gasteiger partial charge in [-0.05, 0) is 38.5 Å². The van der Waals surface area contributed by atoms with Crippen molar-refractivity contribution in [2.45, 2.75) is 33.4 Å². The van der Waals surface area contributed by atoms with E-state index in [1.165, 1.54) is 5.69 Å². The Morgan fingerprint density at radius 3 is 2.71 bits per heavy atom. The van der Waals surface area contributed by atoms with Gasteiger partial charge >= 0.3 is 0 Å². The monoisotopic (exact) mass is 323 g/mol. The Balaban J connectivity index is 1.51. The van der Waals surface area contributed by atoms with Crippen molar-refractivity contribution in [1.82, 2.24) is 24.1 Å². The van der Waals surface area contributed by atoms with Gasteiger partial charge in [-0.1, -0.05) is 6.07 Å². The minimum Gasteiger partial charge on any atom is -0.293 e. The summed E-state index contributed by atoms with van der Waals surface area (Å²) in [7, 11) is 0. The molecule has 3 aromatic heterocycles. The number of pyridine rings is 1. The van der Waals surface area contributed by atoms with Crippen molar-refractivity contribution in [3.8, 4) is 0 Å². The first-order chi connectivity index (χ1) is 11.5. The molecule has 0 aromatic carbocycles. The van der Waals surface area contributed by atoms with E-state index in [9.17, 15) is 4.79 Å². The summed E-state index contributed by atoms with van der Waals surface area (Å²) in [5, 5.41) is 4.56. The highest BCUT2D eigenvalue weighted by atomic mass is 16.1. The first-order valence-corrected chi connectivity index (χ1v) is 8.24. The maximum atomic E-state index is 12.3. The Morgan fingerprint density at radius 1 is 1.21 bits per heavy atom. The topological polar surface area (TPSA) is 55.4 Å². The molecule has 0 bridgehead atoms. The average Bonchev–Trinajstić information content (AvgIpc) is 2.82. The lowest BCUT2D eigenvalue weighted by Crippen LogP contribution is -2.47. The quantitative estimate of drug-likeness (QED) is 0.738. The van der Waals surface area contributed by atoms with Crippen molar-refractivity contribution >= 4 is 5.65 Å². The molecule has 0 aliphatic carbocycles. The molecule has 6 heteroatoms. The first-order valence-electron chi connectivity index (χ1n) is 8.24. The zero-order valence-electron chi connectivity index (χ0n) is 14.2. The van der Waals surface area contributed by atoms with E-state index in [4.69, 9.17) is 0 Å². The summed E-state index contributed by atoms with van der Waals surface area (Å²) in [5.41, 5.74) is 4.84. The minimum atomic E-state index is -0.0191. The van der Waals surface area contributed by atoms with Gasteiger partial charge in [-0.3, -0.25) is 18.8 Å². The molecule has 0 atom stereocenters. The van der Waals surface area contributed by atoms with Crippen LogP contribution in [0.5, 0.6) is 0 Å². The number of nitrogens with zero attached hydrogens (tertiary/aromatic N) is 5. The van der Waals surface area contributed by atoms with Gasteiger partial charge in [-0.25, -0.2) is 4.98 Å². The molecule has 0 unspecified atom stereocenters. The summed E-state index contributed by atoms with van der Waals surface area (Å²) in [6, 6.07) is 8.02. The average molecular weight is 323 g/mol. The zero-order chi connectivity index (χ0) is 16.8. The van der Waals surface area contributed by atoms with E-state index in [-0.39, 0.29) is 5.56 Å². The molecule has 1 aliphatic rings. The van der Waals surface area contributed by atoms with E-state index in [0.717, 1.165) is 35.7 Å². The van der Waals surface area contributed by atoms with Crippen LogP contribution < -0.4 is 5.56 Å². The van der Waals surface area contributed by atoms with Crippen LogP contribution in [0, 0.1) is 20.8 Å². The Labute approximate surface area is 140 Å².